The number of nitrogens with zero attached hydrogens (tertiary/aromatic N) is 1. The van der Waals surface area contributed by atoms with E-state index in [-0.39, 0.29) is 30.4 Å². The average Bonchev–Trinajstić information content (AvgIpc) is 3.17. The van der Waals surface area contributed by atoms with Crippen LogP contribution in [0.25, 0.3) is 0 Å². The Hall–Kier alpha value is -2.04. The highest BCUT2D eigenvalue weighted by molar-refractivity contribution is 5.97. The second-order valence-electron chi connectivity index (χ2n) is 6.53. The molecule has 2 aromatic carbocycles. The summed E-state index contributed by atoms with van der Waals surface area (Å²) < 4.78 is 5.99. The first kappa shape index (κ1) is 20.3. The van der Waals surface area contributed by atoms with E-state index in [4.69, 9.17) is 4.74 Å². The highest BCUT2D eigenvalue weighted by Gasteiger charge is 2.31. The largest absolute Gasteiger partial charge is 0.457 e. The van der Waals surface area contributed by atoms with Gasteiger partial charge in [-0.15, -0.1) is 12.4 Å². The lowest BCUT2D eigenvalue weighted by molar-refractivity contribution is 0.0601. The van der Waals surface area contributed by atoms with Gasteiger partial charge in [0.15, 0.2) is 0 Å². The van der Waals surface area contributed by atoms with E-state index in [9.17, 15) is 4.79 Å². The molecule has 5 heteroatoms. The molecule has 1 amide bonds. The van der Waals surface area contributed by atoms with Crippen molar-refractivity contribution >= 4 is 18.3 Å². The summed E-state index contributed by atoms with van der Waals surface area (Å²) in [4.78, 5) is 15.4. The molecule has 1 heterocycles. The Balaban J connectivity index is 0.00000243. The second kappa shape index (κ2) is 9.60. The molecule has 1 aliphatic rings. The molecule has 1 N–H and O–H groups in total. The second-order valence-corrected chi connectivity index (χ2v) is 6.53. The fraction of sp³-hybridized carbons (Fsp3) is 0.381. The topological polar surface area (TPSA) is 41.6 Å². The van der Waals surface area contributed by atoms with E-state index < -0.39 is 0 Å². The van der Waals surface area contributed by atoms with E-state index >= 15 is 0 Å². The minimum atomic E-state index is 0. The minimum absolute atomic E-state index is 0. The molecule has 0 radical (unpaired) electrons. The van der Waals surface area contributed by atoms with Gasteiger partial charge in [0, 0.05) is 18.6 Å². The number of carbonyl (C=O) groups excluding carboxylic acids is 1. The zero-order valence-corrected chi connectivity index (χ0v) is 16.2. The number of halogens is 1. The SMILES string of the molecule is CCC(C)N(C(=O)c1ccccc1Oc1ccccc1)[C@H]1CCNC1.Cl. The number of carbonyl (C=O) groups is 1. The number of benzene rings is 2. The van der Waals surface area contributed by atoms with Crippen LogP contribution in [0.5, 0.6) is 11.5 Å². The molecule has 0 bridgehead atoms. The fourth-order valence-electron chi connectivity index (χ4n) is 3.29. The Kier molecular flexibility index (Phi) is 7.49. The van der Waals surface area contributed by atoms with Gasteiger partial charge >= 0.3 is 0 Å². The number of hydrogen-bond acceptors (Lipinski definition) is 3. The molecule has 1 aliphatic heterocycles. The van der Waals surface area contributed by atoms with Crippen LogP contribution in [0.4, 0.5) is 0 Å². The molecular formula is C21H27ClN2O2. The zero-order chi connectivity index (χ0) is 17.6. The molecule has 2 aromatic rings. The number of ether oxygens (including phenoxy) is 1. The van der Waals surface area contributed by atoms with Crippen LogP contribution in [-0.4, -0.2) is 36.0 Å². The van der Waals surface area contributed by atoms with E-state index in [2.05, 4.69) is 19.2 Å². The quantitative estimate of drug-likeness (QED) is 0.809. The molecule has 2 atom stereocenters. The molecule has 3 rings (SSSR count). The van der Waals surface area contributed by atoms with Gasteiger partial charge in [-0.2, -0.15) is 0 Å². The standard InChI is InChI=1S/C21H26N2O2.ClH/c1-3-16(2)23(17-13-14-22-15-17)21(24)19-11-7-8-12-20(19)25-18-9-5-4-6-10-18;/h4-12,16-17,22H,3,13-15H2,1-2H3;1H/t16?,17-;/m0./s1. The molecule has 0 spiro atoms. The highest BCUT2D eigenvalue weighted by Crippen LogP contribution is 2.28. The maximum absolute atomic E-state index is 13.4. The monoisotopic (exact) mass is 374 g/mol. The number of hydrogen-bond donors (Lipinski definition) is 1. The van der Waals surface area contributed by atoms with Gasteiger partial charge < -0.3 is 15.0 Å². The summed E-state index contributed by atoms with van der Waals surface area (Å²) in [7, 11) is 0. The van der Waals surface area contributed by atoms with Crippen molar-refractivity contribution in [3.05, 3.63) is 60.2 Å². The van der Waals surface area contributed by atoms with Gasteiger partial charge in [0.2, 0.25) is 0 Å². The van der Waals surface area contributed by atoms with Crippen molar-refractivity contribution < 1.29 is 9.53 Å². The van der Waals surface area contributed by atoms with Gasteiger partial charge in [0.05, 0.1) is 5.56 Å². The molecular weight excluding hydrogens is 348 g/mol. The Morgan fingerprint density at radius 3 is 2.54 bits per heavy atom. The lowest BCUT2D eigenvalue weighted by Crippen LogP contribution is -2.46. The Labute approximate surface area is 162 Å². The van der Waals surface area contributed by atoms with Crippen molar-refractivity contribution in [1.82, 2.24) is 10.2 Å². The highest BCUT2D eigenvalue weighted by atomic mass is 35.5. The summed E-state index contributed by atoms with van der Waals surface area (Å²) >= 11 is 0. The third-order valence-electron chi connectivity index (χ3n) is 4.82. The molecule has 4 nitrogen and oxygen atoms in total. The minimum Gasteiger partial charge on any atom is -0.457 e. The number of rotatable bonds is 6. The van der Waals surface area contributed by atoms with Gasteiger partial charge in [-0.25, -0.2) is 0 Å². The predicted octanol–water partition coefficient (Wildman–Crippen LogP) is 4.50. The van der Waals surface area contributed by atoms with Gasteiger partial charge in [-0.05, 0) is 50.6 Å². The van der Waals surface area contributed by atoms with Crippen LogP contribution in [0.15, 0.2) is 54.6 Å². The number of nitrogens with one attached hydrogen (secondary N) is 1. The van der Waals surface area contributed by atoms with E-state index in [1.807, 2.05) is 59.5 Å². The molecule has 1 saturated heterocycles. The third kappa shape index (κ3) is 4.57. The maximum atomic E-state index is 13.4. The van der Waals surface area contributed by atoms with Crippen molar-refractivity contribution in [2.24, 2.45) is 0 Å². The van der Waals surface area contributed by atoms with Gasteiger partial charge in [-0.1, -0.05) is 37.3 Å². The zero-order valence-electron chi connectivity index (χ0n) is 15.4. The summed E-state index contributed by atoms with van der Waals surface area (Å²) in [6.07, 6.45) is 1.93. The fourth-order valence-corrected chi connectivity index (χ4v) is 3.29. The predicted molar refractivity (Wildman–Crippen MR) is 107 cm³/mol. The van der Waals surface area contributed by atoms with E-state index in [1.165, 1.54) is 0 Å². The molecule has 1 unspecified atom stereocenters. The van der Waals surface area contributed by atoms with Crippen LogP contribution < -0.4 is 10.1 Å². The molecule has 1 fully saturated rings. The smallest absolute Gasteiger partial charge is 0.258 e. The number of amides is 1. The van der Waals surface area contributed by atoms with Gasteiger partial charge in [0.25, 0.3) is 5.91 Å². The first-order valence-corrected chi connectivity index (χ1v) is 9.06. The lowest BCUT2D eigenvalue weighted by Gasteiger charge is -2.34. The molecule has 0 aliphatic carbocycles. The Morgan fingerprint density at radius 2 is 1.88 bits per heavy atom. The van der Waals surface area contributed by atoms with E-state index in [1.54, 1.807) is 0 Å². The lowest BCUT2D eigenvalue weighted by atomic mass is 10.1. The summed E-state index contributed by atoms with van der Waals surface area (Å²) in [5.74, 6) is 1.40. The van der Waals surface area contributed by atoms with Gasteiger partial charge in [0.1, 0.15) is 11.5 Å². The summed E-state index contributed by atoms with van der Waals surface area (Å²) in [6.45, 7) is 6.07. The molecule has 26 heavy (non-hydrogen) atoms. The van der Waals surface area contributed by atoms with Crippen LogP contribution in [0.2, 0.25) is 0 Å². The average molecular weight is 375 g/mol. The molecule has 0 aromatic heterocycles. The third-order valence-corrected chi connectivity index (χ3v) is 4.82. The van der Waals surface area contributed by atoms with Crippen molar-refractivity contribution in [3.8, 4) is 11.5 Å². The Bertz CT molecular complexity index is 702. The van der Waals surface area contributed by atoms with E-state index in [0.717, 1.165) is 31.7 Å². The number of para-hydroxylation sites is 2. The van der Waals surface area contributed by atoms with Crippen molar-refractivity contribution in [2.75, 3.05) is 13.1 Å². The van der Waals surface area contributed by atoms with Gasteiger partial charge in [-0.3, -0.25) is 4.79 Å². The Morgan fingerprint density at radius 1 is 1.19 bits per heavy atom. The van der Waals surface area contributed by atoms with Crippen LogP contribution in [0.1, 0.15) is 37.0 Å². The van der Waals surface area contributed by atoms with E-state index in [0.29, 0.717) is 11.3 Å². The summed E-state index contributed by atoms with van der Waals surface area (Å²) in [5.41, 5.74) is 0.624. The maximum Gasteiger partial charge on any atom is 0.258 e. The summed E-state index contributed by atoms with van der Waals surface area (Å²) in [6, 6.07) is 17.6. The van der Waals surface area contributed by atoms with Crippen molar-refractivity contribution in [1.29, 1.82) is 0 Å². The molecule has 140 valence electrons. The normalized spacial score (nSPS) is 17.2. The van der Waals surface area contributed by atoms with Crippen molar-refractivity contribution in [2.45, 2.75) is 38.8 Å². The van der Waals surface area contributed by atoms with Crippen LogP contribution >= 0.6 is 12.4 Å². The van der Waals surface area contributed by atoms with Crippen molar-refractivity contribution in [3.63, 3.8) is 0 Å². The first-order valence-electron chi connectivity index (χ1n) is 9.06. The molecule has 0 saturated carbocycles. The van der Waals surface area contributed by atoms with Crippen LogP contribution in [0, 0.1) is 0 Å². The first-order chi connectivity index (χ1) is 12.2. The summed E-state index contributed by atoms with van der Waals surface area (Å²) in [5, 5.41) is 3.37. The van der Waals surface area contributed by atoms with Crippen LogP contribution in [-0.2, 0) is 0 Å². The van der Waals surface area contributed by atoms with Crippen LogP contribution in [0.3, 0.4) is 0 Å².